The van der Waals surface area contributed by atoms with Gasteiger partial charge in [-0.3, -0.25) is 19.9 Å². The normalized spacial score (nSPS) is 18.5. The highest BCUT2D eigenvalue weighted by molar-refractivity contribution is 6.35. The van der Waals surface area contributed by atoms with Crippen molar-refractivity contribution in [3.8, 4) is 0 Å². The minimum atomic E-state index is -1.08. The molecule has 6 nitrogen and oxygen atoms in total. The molecule has 1 fully saturated rings. The first-order valence-corrected chi connectivity index (χ1v) is 8.78. The average Bonchev–Trinajstić information content (AvgIpc) is 2.56. The maximum Gasteiger partial charge on any atom is 0.335 e. The standard InChI is InChI=1S/C18H22ClN3O3/c1-3-4-5-6-11-20-12(2)15-16(23)21-18(25)22(17(15)24)14-9-7-13(19)8-10-14/h7-10,15H,3-6,11H2,1-2H3,(H,21,23,25). The molecule has 25 heavy (non-hydrogen) atoms. The fourth-order valence-corrected chi connectivity index (χ4v) is 2.79. The second-order valence-corrected chi connectivity index (χ2v) is 6.40. The predicted octanol–water partition coefficient (Wildman–Crippen LogP) is 3.58. The van der Waals surface area contributed by atoms with E-state index in [0.717, 1.165) is 30.6 Å². The van der Waals surface area contributed by atoms with Gasteiger partial charge in [0, 0.05) is 17.3 Å². The van der Waals surface area contributed by atoms with Crippen molar-refractivity contribution in [1.82, 2.24) is 5.32 Å². The summed E-state index contributed by atoms with van der Waals surface area (Å²) in [5, 5.41) is 2.72. The largest absolute Gasteiger partial charge is 0.335 e. The molecule has 1 N–H and O–H groups in total. The van der Waals surface area contributed by atoms with Crippen molar-refractivity contribution in [3.63, 3.8) is 0 Å². The van der Waals surface area contributed by atoms with Gasteiger partial charge >= 0.3 is 6.03 Å². The SMILES string of the molecule is CCCCCCN=C(C)C1C(=O)NC(=O)N(c2ccc(Cl)cc2)C1=O. The molecule has 1 aliphatic rings. The van der Waals surface area contributed by atoms with Crippen molar-refractivity contribution in [1.29, 1.82) is 0 Å². The average molecular weight is 364 g/mol. The van der Waals surface area contributed by atoms with Gasteiger partial charge in [-0.15, -0.1) is 0 Å². The number of halogens is 1. The highest BCUT2D eigenvalue weighted by Crippen LogP contribution is 2.23. The van der Waals surface area contributed by atoms with Gasteiger partial charge in [0.05, 0.1) is 5.69 Å². The summed E-state index contributed by atoms with van der Waals surface area (Å²) in [7, 11) is 0. The molecule has 1 unspecified atom stereocenters. The molecule has 1 aromatic rings. The van der Waals surface area contributed by atoms with Gasteiger partial charge in [-0.2, -0.15) is 0 Å². The summed E-state index contributed by atoms with van der Waals surface area (Å²) in [6, 6.07) is 5.52. The van der Waals surface area contributed by atoms with E-state index in [2.05, 4.69) is 17.2 Å². The topological polar surface area (TPSA) is 78.8 Å². The van der Waals surface area contributed by atoms with E-state index in [1.165, 1.54) is 0 Å². The zero-order chi connectivity index (χ0) is 18.4. The predicted molar refractivity (Wildman–Crippen MR) is 98.1 cm³/mol. The molecule has 0 radical (unpaired) electrons. The van der Waals surface area contributed by atoms with E-state index in [9.17, 15) is 14.4 Å². The molecule has 0 aromatic heterocycles. The van der Waals surface area contributed by atoms with Gasteiger partial charge < -0.3 is 0 Å². The van der Waals surface area contributed by atoms with Crippen LogP contribution in [-0.2, 0) is 9.59 Å². The molecular formula is C18H22ClN3O3. The van der Waals surface area contributed by atoms with Crippen molar-refractivity contribution in [2.24, 2.45) is 10.9 Å². The number of amides is 4. The lowest BCUT2D eigenvalue weighted by Gasteiger charge is -2.30. The first kappa shape index (κ1) is 19.1. The number of hydrogen-bond acceptors (Lipinski definition) is 4. The molecule has 7 heteroatoms. The lowest BCUT2D eigenvalue weighted by atomic mass is 9.99. The van der Waals surface area contributed by atoms with Crippen molar-refractivity contribution in [2.45, 2.75) is 39.5 Å². The third kappa shape index (κ3) is 4.66. The fourth-order valence-electron chi connectivity index (χ4n) is 2.66. The monoisotopic (exact) mass is 363 g/mol. The lowest BCUT2D eigenvalue weighted by molar-refractivity contribution is -0.131. The van der Waals surface area contributed by atoms with Crippen LogP contribution in [0, 0.1) is 5.92 Å². The molecule has 4 amide bonds. The summed E-state index contributed by atoms with van der Waals surface area (Å²) in [5.74, 6) is -2.31. The fraction of sp³-hybridized carbons (Fsp3) is 0.444. The van der Waals surface area contributed by atoms with Crippen molar-refractivity contribution < 1.29 is 14.4 Å². The third-order valence-electron chi connectivity index (χ3n) is 4.04. The van der Waals surface area contributed by atoms with Gasteiger partial charge in [0.2, 0.25) is 5.91 Å². The number of nitrogens with one attached hydrogen (secondary N) is 1. The minimum absolute atomic E-state index is 0.361. The summed E-state index contributed by atoms with van der Waals surface area (Å²) < 4.78 is 0. The van der Waals surface area contributed by atoms with E-state index in [1.54, 1.807) is 31.2 Å². The van der Waals surface area contributed by atoms with Gasteiger partial charge in [-0.25, -0.2) is 9.69 Å². The van der Waals surface area contributed by atoms with Crippen molar-refractivity contribution in [3.05, 3.63) is 29.3 Å². The van der Waals surface area contributed by atoms with Crippen molar-refractivity contribution >= 4 is 40.8 Å². The summed E-state index contributed by atoms with van der Waals surface area (Å²) >= 11 is 5.84. The summed E-state index contributed by atoms with van der Waals surface area (Å²) in [6.07, 6.45) is 4.24. The number of benzene rings is 1. The Morgan fingerprint density at radius 1 is 1.16 bits per heavy atom. The van der Waals surface area contributed by atoms with Crippen LogP contribution in [0.4, 0.5) is 10.5 Å². The van der Waals surface area contributed by atoms with Crippen molar-refractivity contribution in [2.75, 3.05) is 11.4 Å². The molecular weight excluding hydrogens is 342 g/mol. The van der Waals surface area contributed by atoms with Gasteiger partial charge in [-0.05, 0) is 37.6 Å². The molecule has 0 aliphatic carbocycles. The highest BCUT2D eigenvalue weighted by Gasteiger charge is 2.42. The summed E-state index contributed by atoms with van der Waals surface area (Å²) in [5.41, 5.74) is 0.783. The highest BCUT2D eigenvalue weighted by atomic mass is 35.5. The minimum Gasteiger partial charge on any atom is -0.293 e. The molecule has 1 heterocycles. The van der Waals surface area contributed by atoms with E-state index in [4.69, 9.17) is 11.6 Å². The van der Waals surface area contributed by atoms with Crippen LogP contribution in [0.25, 0.3) is 0 Å². The summed E-state index contributed by atoms with van der Waals surface area (Å²) in [6.45, 7) is 4.34. The molecule has 1 saturated heterocycles. The Labute approximate surface area is 152 Å². The van der Waals surface area contributed by atoms with E-state index < -0.39 is 23.8 Å². The third-order valence-corrected chi connectivity index (χ3v) is 4.29. The Morgan fingerprint density at radius 2 is 1.84 bits per heavy atom. The Hall–Kier alpha value is -2.21. The second kappa shape index (κ2) is 8.76. The smallest absolute Gasteiger partial charge is 0.293 e. The van der Waals surface area contributed by atoms with E-state index >= 15 is 0 Å². The maximum absolute atomic E-state index is 12.7. The number of anilines is 1. The molecule has 0 spiro atoms. The number of carbonyl (C=O) groups is 3. The van der Waals surface area contributed by atoms with E-state index in [-0.39, 0.29) is 0 Å². The molecule has 1 atom stereocenters. The number of aliphatic imine (C=N–C) groups is 1. The Balaban J connectivity index is 2.16. The Bertz CT molecular complexity index is 685. The van der Waals surface area contributed by atoms with Crippen LogP contribution in [0.3, 0.4) is 0 Å². The van der Waals surface area contributed by atoms with Crippen LogP contribution in [0.15, 0.2) is 29.3 Å². The maximum atomic E-state index is 12.7. The molecule has 0 saturated carbocycles. The number of unbranched alkanes of at least 4 members (excludes halogenated alkanes) is 3. The number of imide groups is 2. The number of nitrogens with zero attached hydrogens (tertiary/aromatic N) is 2. The summed E-state index contributed by atoms with van der Waals surface area (Å²) in [4.78, 5) is 42.3. The van der Waals surface area contributed by atoms with E-state index in [1.807, 2.05) is 0 Å². The van der Waals surface area contributed by atoms with Crippen LogP contribution in [0.2, 0.25) is 5.02 Å². The molecule has 2 rings (SSSR count). The zero-order valence-electron chi connectivity index (χ0n) is 14.4. The van der Waals surface area contributed by atoms with Gasteiger partial charge in [-0.1, -0.05) is 37.8 Å². The lowest BCUT2D eigenvalue weighted by Crippen LogP contribution is -2.60. The first-order valence-electron chi connectivity index (χ1n) is 8.41. The molecule has 1 aliphatic heterocycles. The number of carbonyl (C=O) groups excluding carboxylic acids is 3. The van der Waals surface area contributed by atoms with Crippen LogP contribution in [0.1, 0.15) is 39.5 Å². The Kier molecular flexibility index (Phi) is 6.70. The molecule has 1 aromatic carbocycles. The zero-order valence-corrected chi connectivity index (χ0v) is 15.2. The Morgan fingerprint density at radius 3 is 2.48 bits per heavy atom. The number of barbiturate groups is 1. The number of rotatable bonds is 7. The second-order valence-electron chi connectivity index (χ2n) is 5.96. The molecule has 134 valence electrons. The van der Waals surface area contributed by atoms with Gasteiger partial charge in [0.25, 0.3) is 5.91 Å². The van der Waals surface area contributed by atoms with Crippen LogP contribution in [-0.4, -0.2) is 30.1 Å². The number of hydrogen-bond donors (Lipinski definition) is 1. The van der Waals surface area contributed by atoms with Crippen LogP contribution in [0.5, 0.6) is 0 Å². The van der Waals surface area contributed by atoms with Crippen LogP contribution >= 0.6 is 11.6 Å². The van der Waals surface area contributed by atoms with Crippen LogP contribution < -0.4 is 10.2 Å². The van der Waals surface area contributed by atoms with Gasteiger partial charge in [0.15, 0.2) is 5.92 Å². The quantitative estimate of drug-likeness (QED) is 0.457. The van der Waals surface area contributed by atoms with E-state index in [0.29, 0.717) is 23.0 Å². The molecule has 0 bridgehead atoms. The number of urea groups is 1. The van der Waals surface area contributed by atoms with Gasteiger partial charge in [0.1, 0.15) is 0 Å². The first-order chi connectivity index (χ1) is 12.0.